The van der Waals surface area contributed by atoms with Crippen molar-refractivity contribution in [2.24, 2.45) is 0 Å². The summed E-state index contributed by atoms with van der Waals surface area (Å²) in [5.74, 6) is 0.697. The van der Waals surface area contributed by atoms with Crippen LogP contribution in [0.15, 0.2) is 45.9 Å². The molecule has 0 aliphatic heterocycles. The molecule has 1 heterocycles. The van der Waals surface area contributed by atoms with Crippen molar-refractivity contribution >= 4 is 21.6 Å². The Balaban J connectivity index is 2.15. The van der Waals surface area contributed by atoms with Crippen molar-refractivity contribution in [2.45, 2.75) is 24.3 Å². The topological polar surface area (TPSA) is 83.1 Å². The Morgan fingerprint density at radius 3 is 2.76 bits per heavy atom. The molecule has 1 aromatic carbocycles. The summed E-state index contributed by atoms with van der Waals surface area (Å²) >= 11 is 5.86. The molecule has 0 saturated heterocycles. The molecule has 0 radical (unpaired) electrons. The first-order chi connectivity index (χ1) is 9.92. The molecule has 2 rings (SSSR count). The van der Waals surface area contributed by atoms with Crippen LogP contribution in [-0.2, 0) is 16.4 Å². The quantitative estimate of drug-likeness (QED) is 0.916. The van der Waals surface area contributed by atoms with Gasteiger partial charge in [-0.2, -0.15) is 5.26 Å². The summed E-state index contributed by atoms with van der Waals surface area (Å²) in [6.45, 7) is 1.74. The van der Waals surface area contributed by atoms with Crippen LogP contribution in [0, 0.1) is 11.3 Å². The summed E-state index contributed by atoms with van der Waals surface area (Å²) < 4.78 is 32.2. The van der Waals surface area contributed by atoms with E-state index in [4.69, 9.17) is 21.3 Å². The highest BCUT2D eigenvalue weighted by Gasteiger charge is 2.19. The van der Waals surface area contributed by atoms with E-state index < -0.39 is 10.0 Å². The highest BCUT2D eigenvalue weighted by atomic mass is 35.5. The maximum atomic E-state index is 12.2. The summed E-state index contributed by atoms with van der Waals surface area (Å²) in [6.07, 6.45) is 1.98. The number of nitrogens with one attached hydrogen (secondary N) is 1. The molecule has 1 atom stereocenters. The van der Waals surface area contributed by atoms with Crippen LogP contribution < -0.4 is 4.72 Å². The summed E-state index contributed by atoms with van der Waals surface area (Å²) in [5.41, 5.74) is 0.235. The van der Waals surface area contributed by atoms with Gasteiger partial charge in [0.1, 0.15) is 11.8 Å². The number of rotatable bonds is 5. The van der Waals surface area contributed by atoms with Crippen molar-refractivity contribution in [1.82, 2.24) is 4.72 Å². The number of hydrogen-bond donors (Lipinski definition) is 1. The Labute approximate surface area is 128 Å². The lowest BCUT2D eigenvalue weighted by Gasteiger charge is -2.13. The Hall–Kier alpha value is -1.81. The minimum atomic E-state index is -3.70. The fourth-order valence-corrected chi connectivity index (χ4v) is 3.42. The standard InChI is InChI=1S/C14H13ClN2O3S/c1-10(7-12-3-2-6-20-12)17-21(18,19)13-5-4-11(9-16)14(15)8-13/h2-6,8,10,17H,7H2,1H3/t10-/m0/s1. The van der Waals surface area contributed by atoms with E-state index in [1.807, 2.05) is 6.07 Å². The average molecular weight is 325 g/mol. The zero-order valence-corrected chi connectivity index (χ0v) is 12.8. The molecular formula is C14H13ClN2O3S. The van der Waals surface area contributed by atoms with Crippen molar-refractivity contribution in [3.05, 3.63) is 52.9 Å². The largest absolute Gasteiger partial charge is 0.469 e. The zero-order valence-electron chi connectivity index (χ0n) is 11.2. The monoisotopic (exact) mass is 324 g/mol. The average Bonchev–Trinajstić information content (AvgIpc) is 2.90. The minimum Gasteiger partial charge on any atom is -0.469 e. The molecule has 110 valence electrons. The van der Waals surface area contributed by atoms with Crippen LogP contribution in [0.1, 0.15) is 18.2 Å². The third-order valence-electron chi connectivity index (χ3n) is 2.82. The molecule has 0 bridgehead atoms. The molecule has 7 heteroatoms. The van der Waals surface area contributed by atoms with Gasteiger partial charge in [-0.1, -0.05) is 11.6 Å². The number of furan rings is 1. The lowest BCUT2D eigenvalue weighted by atomic mass is 10.2. The maximum absolute atomic E-state index is 12.2. The third kappa shape index (κ3) is 3.85. The summed E-state index contributed by atoms with van der Waals surface area (Å²) in [7, 11) is -3.70. The van der Waals surface area contributed by atoms with Gasteiger partial charge in [-0.25, -0.2) is 13.1 Å². The third-order valence-corrected chi connectivity index (χ3v) is 4.72. The molecule has 0 unspecified atom stereocenters. The van der Waals surface area contributed by atoms with E-state index in [1.165, 1.54) is 24.5 Å². The Morgan fingerprint density at radius 1 is 1.43 bits per heavy atom. The van der Waals surface area contributed by atoms with E-state index in [-0.39, 0.29) is 21.5 Å². The minimum absolute atomic E-state index is 0.0257. The highest BCUT2D eigenvalue weighted by molar-refractivity contribution is 7.89. The van der Waals surface area contributed by atoms with Gasteiger partial charge in [0.25, 0.3) is 0 Å². The van der Waals surface area contributed by atoms with Crippen molar-refractivity contribution in [3.63, 3.8) is 0 Å². The molecule has 0 fully saturated rings. The first kappa shape index (κ1) is 15.6. The van der Waals surface area contributed by atoms with Gasteiger partial charge in [0.2, 0.25) is 10.0 Å². The van der Waals surface area contributed by atoms with E-state index in [0.717, 1.165) is 0 Å². The van der Waals surface area contributed by atoms with Crippen LogP contribution in [0.4, 0.5) is 0 Å². The molecule has 1 N–H and O–H groups in total. The molecule has 1 aromatic heterocycles. The second-order valence-electron chi connectivity index (χ2n) is 4.56. The number of nitriles is 1. The van der Waals surface area contributed by atoms with Crippen molar-refractivity contribution in [1.29, 1.82) is 5.26 Å². The van der Waals surface area contributed by atoms with Crippen LogP contribution in [0.5, 0.6) is 0 Å². The van der Waals surface area contributed by atoms with Gasteiger partial charge in [-0.3, -0.25) is 0 Å². The van der Waals surface area contributed by atoms with Crippen LogP contribution >= 0.6 is 11.6 Å². The predicted octanol–water partition coefficient (Wildman–Crippen LogP) is 2.71. The number of nitrogens with zero attached hydrogens (tertiary/aromatic N) is 1. The molecule has 0 spiro atoms. The van der Waals surface area contributed by atoms with E-state index in [2.05, 4.69) is 4.72 Å². The lowest BCUT2D eigenvalue weighted by Crippen LogP contribution is -2.34. The summed E-state index contributed by atoms with van der Waals surface area (Å²) in [6, 6.07) is 9.08. The molecule has 0 aliphatic rings. The van der Waals surface area contributed by atoms with E-state index in [1.54, 1.807) is 19.1 Å². The first-order valence-electron chi connectivity index (χ1n) is 6.17. The smallest absolute Gasteiger partial charge is 0.240 e. The first-order valence-corrected chi connectivity index (χ1v) is 8.03. The molecule has 0 amide bonds. The van der Waals surface area contributed by atoms with Crippen LogP contribution in [0.25, 0.3) is 0 Å². The molecule has 2 aromatic rings. The predicted molar refractivity (Wildman–Crippen MR) is 78.4 cm³/mol. The van der Waals surface area contributed by atoms with Gasteiger partial charge in [-0.15, -0.1) is 0 Å². The molecular weight excluding hydrogens is 312 g/mol. The zero-order chi connectivity index (χ0) is 15.5. The molecule has 0 aliphatic carbocycles. The molecule has 5 nitrogen and oxygen atoms in total. The van der Waals surface area contributed by atoms with Crippen LogP contribution in [-0.4, -0.2) is 14.5 Å². The summed E-state index contributed by atoms with van der Waals surface area (Å²) in [5, 5.41) is 8.90. The van der Waals surface area contributed by atoms with Crippen molar-refractivity contribution in [3.8, 4) is 6.07 Å². The Bertz CT molecular complexity index is 764. The normalized spacial score (nSPS) is 12.8. The fourth-order valence-electron chi connectivity index (χ4n) is 1.86. The lowest BCUT2D eigenvalue weighted by molar-refractivity contribution is 0.479. The number of halogens is 1. The van der Waals surface area contributed by atoms with Gasteiger partial charge in [0.15, 0.2) is 0 Å². The van der Waals surface area contributed by atoms with Crippen molar-refractivity contribution < 1.29 is 12.8 Å². The van der Waals surface area contributed by atoms with Crippen LogP contribution in [0.2, 0.25) is 5.02 Å². The van der Waals surface area contributed by atoms with Gasteiger partial charge >= 0.3 is 0 Å². The Kier molecular flexibility index (Phi) is 4.68. The maximum Gasteiger partial charge on any atom is 0.240 e. The van der Waals surface area contributed by atoms with Gasteiger partial charge in [0, 0.05) is 12.5 Å². The van der Waals surface area contributed by atoms with E-state index in [9.17, 15) is 8.42 Å². The van der Waals surface area contributed by atoms with E-state index >= 15 is 0 Å². The van der Waals surface area contributed by atoms with E-state index in [0.29, 0.717) is 12.2 Å². The molecule has 0 saturated carbocycles. The fraction of sp³-hybridized carbons (Fsp3) is 0.214. The number of benzene rings is 1. The second-order valence-corrected chi connectivity index (χ2v) is 6.68. The van der Waals surface area contributed by atoms with Gasteiger partial charge < -0.3 is 4.42 Å². The number of sulfonamides is 1. The second kappa shape index (κ2) is 6.31. The SMILES string of the molecule is C[C@@H](Cc1ccco1)NS(=O)(=O)c1ccc(C#N)c(Cl)c1. The molecule has 21 heavy (non-hydrogen) atoms. The van der Waals surface area contributed by atoms with Crippen LogP contribution in [0.3, 0.4) is 0 Å². The Morgan fingerprint density at radius 2 is 2.19 bits per heavy atom. The van der Waals surface area contributed by atoms with Crippen molar-refractivity contribution in [2.75, 3.05) is 0 Å². The highest BCUT2D eigenvalue weighted by Crippen LogP contribution is 2.20. The van der Waals surface area contributed by atoms with Gasteiger partial charge in [-0.05, 0) is 37.3 Å². The number of hydrogen-bond acceptors (Lipinski definition) is 4. The summed E-state index contributed by atoms with van der Waals surface area (Å²) in [4.78, 5) is 0.0257. The van der Waals surface area contributed by atoms with Gasteiger partial charge in [0.05, 0.1) is 21.7 Å².